The number of anilines is 4. The van der Waals surface area contributed by atoms with Gasteiger partial charge in [0, 0.05) is 68.7 Å². The number of piperidine rings is 1. The Morgan fingerprint density at radius 2 is 1.67 bits per heavy atom. The molecule has 5 aromatic rings. The Labute approximate surface area is 349 Å². The Kier molecular flexibility index (Phi) is 10.2. The van der Waals surface area contributed by atoms with Crippen molar-refractivity contribution in [3.05, 3.63) is 107 Å². The van der Waals surface area contributed by atoms with Gasteiger partial charge < -0.3 is 29.8 Å². The van der Waals surface area contributed by atoms with Gasteiger partial charge in [0.1, 0.15) is 17.5 Å². The molecule has 61 heavy (non-hydrogen) atoms. The molecule has 4 aliphatic heterocycles. The van der Waals surface area contributed by atoms with E-state index in [-0.39, 0.29) is 48.4 Å². The molecule has 0 aliphatic carbocycles. The zero-order chi connectivity index (χ0) is 42.4. The minimum Gasteiger partial charge on any atom is -0.451 e. The van der Waals surface area contributed by atoms with Gasteiger partial charge in [0.2, 0.25) is 23.7 Å². The van der Waals surface area contributed by atoms with Crippen LogP contribution in [0.2, 0.25) is 0 Å². The van der Waals surface area contributed by atoms with Gasteiger partial charge in [0.15, 0.2) is 0 Å². The van der Waals surface area contributed by atoms with Crippen LogP contribution in [0.25, 0.3) is 11.5 Å². The fraction of sp³-hybridized carbons (Fsp3) is 0.326. The molecular formula is C43H42N10O8. The molecule has 2 aromatic heterocycles. The summed E-state index contributed by atoms with van der Waals surface area (Å²) in [6.07, 6.45) is 2.22. The number of nitrogens with one attached hydrogen (secondary N) is 3. The number of carbonyl (C=O) groups is 5. The molecule has 0 bridgehead atoms. The van der Waals surface area contributed by atoms with E-state index in [1.807, 2.05) is 56.3 Å². The van der Waals surface area contributed by atoms with Crippen molar-refractivity contribution in [2.75, 3.05) is 54.9 Å². The van der Waals surface area contributed by atoms with E-state index in [1.54, 1.807) is 30.5 Å². The standard InChI is InChI=1S/C43H42N10O8/c1-43(2)31-20-25(8-10-28(31)41(59)61-43)45-42-44-22-30(36(48-42)46-32(23-54)24-6-4-3-5-7-24)38-50-49-35(60-38)14-15-51-16-18-52(19-17-51)26-9-11-27-29(21-26)40(58)53(39(27)57)33-12-13-34(55)47-37(33)56/h3-11,20-22,32-33,54H,12-19,23H2,1-2H3,(H,47,55,56)(H2,44,45,46,48)/t32-,33?/m1/s1. The number of carbonyl (C=O) groups excluding carboxylic acids is 5. The van der Waals surface area contributed by atoms with Gasteiger partial charge in [-0.05, 0) is 62.2 Å². The number of hydrogen-bond donors (Lipinski definition) is 4. The maximum atomic E-state index is 13.4. The highest BCUT2D eigenvalue weighted by atomic mass is 16.6. The first-order chi connectivity index (χ1) is 29.4. The molecule has 4 N–H and O–H groups in total. The number of benzene rings is 3. The summed E-state index contributed by atoms with van der Waals surface area (Å²) in [7, 11) is 0. The largest absolute Gasteiger partial charge is 0.451 e. The van der Waals surface area contributed by atoms with Gasteiger partial charge >= 0.3 is 5.97 Å². The lowest BCUT2D eigenvalue weighted by atomic mass is 9.95. The van der Waals surface area contributed by atoms with Crippen LogP contribution in [0.15, 0.2) is 77.3 Å². The van der Waals surface area contributed by atoms with E-state index in [9.17, 15) is 29.1 Å². The number of rotatable bonds is 12. The highest BCUT2D eigenvalue weighted by Gasteiger charge is 2.45. The van der Waals surface area contributed by atoms with Crippen LogP contribution in [-0.2, 0) is 26.3 Å². The first-order valence-corrected chi connectivity index (χ1v) is 20.1. The second-order valence-electron chi connectivity index (χ2n) is 15.8. The lowest BCUT2D eigenvalue weighted by Crippen LogP contribution is -2.54. The van der Waals surface area contributed by atoms with Gasteiger partial charge in [-0.2, -0.15) is 4.98 Å². The molecule has 0 spiro atoms. The Bertz CT molecular complexity index is 2570. The number of nitrogens with zero attached hydrogens (tertiary/aromatic N) is 7. The van der Waals surface area contributed by atoms with Crippen molar-refractivity contribution in [1.29, 1.82) is 0 Å². The smallest absolute Gasteiger partial charge is 0.339 e. The van der Waals surface area contributed by atoms with Crippen LogP contribution >= 0.6 is 0 Å². The molecule has 2 saturated heterocycles. The van der Waals surface area contributed by atoms with Crippen molar-refractivity contribution >= 4 is 52.7 Å². The van der Waals surface area contributed by atoms with Crippen LogP contribution in [0.4, 0.5) is 23.1 Å². The van der Waals surface area contributed by atoms with E-state index >= 15 is 0 Å². The number of fused-ring (bicyclic) bond motifs is 2. The van der Waals surface area contributed by atoms with Crippen molar-refractivity contribution in [1.82, 2.24) is 35.3 Å². The fourth-order valence-electron chi connectivity index (χ4n) is 8.16. The van der Waals surface area contributed by atoms with Crippen LogP contribution in [0.5, 0.6) is 0 Å². The number of esters is 1. The van der Waals surface area contributed by atoms with Crippen LogP contribution < -0.4 is 20.9 Å². The molecule has 0 radical (unpaired) electrons. The number of hydrogen-bond acceptors (Lipinski definition) is 16. The zero-order valence-electron chi connectivity index (χ0n) is 33.4. The molecule has 4 aliphatic rings. The predicted molar refractivity (Wildman–Crippen MR) is 219 cm³/mol. The van der Waals surface area contributed by atoms with Gasteiger partial charge in [-0.15, -0.1) is 10.2 Å². The fourth-order valence-corrected chi connectivity index (χ4v) is 8.16. The van der Waals surface area contributed by atoms with Crippen LogP contribution in [0, 0.1) is 0 Å². The average Bonchev–Trinajstić information content (AvgIpc) is 3.90. The van der Waals surface area contributed by atoms with Crippen molar-refractivity contribution in [3.63, 3.8) is 0 Å². The molecule has 18 heteroatoms. The summed E-state index contributed by atoms with van der Waals surface area (Å²) < 4.78 is 11.7. The third-order valence-corrected chi connectivity index (χ3v) is 11.5. The molecule has 18 nitrogen and oxygen atoms in total. The molecule has 1 unspecified atom stereocenters. The van der Waals surface area contributed by atoms with E-state index in [2.05, 4.69) is 40.9 Å². The van der Waals surface area contributed by atoms with Crippen molar-refractivity contribution in [3.8, 4) is 11.5 Å². The first kappa shape index (κ1) is 39.4. The molecule has 3 aromatic carbocycles. The van der Waals surface area contributed by atoms with Crippen LogP contribution in [0.1, 0.15) is 80.8 Å². The number of cyclic esters (lactones) is 1. The van der Waals surface area contributed by atoms with Gasteiger partial charge in [0.05, 0.1) is 34.9 Å². The summed E-state index contributed by atoms with van der Waals surface area (Å²) >= 11 is 0. The molecule has 9 rings (SSSR count). The summed E-state index contributed by atoms with van der Waals surface area (Å²) in [4.78, 5) is 77.7. The number of piperazine rings is 1. The second kappa shape index (κ2) is 15.9. The van der Waals surface area contributed by atoms with Gasteiger partial charge in [-0.1, -0.05) is 30.3 Å². The topological polar surface area (TPSA) is 225 Å². The summed E-state index contributed by atoms with van der Waals surface area (Å²) in [5, 5.41) is 27.9. The Morgan fingerprint density at radius 1 is 0.902 bits per heavy atom. The van der Waals surface area contributed by atoms with E-state index in [0.717, 1.165) is 34.8 Å². The normalized spacial score (nSPS) is 19.1. The third-order valence-electron chi connectivity index (χ3n) is 11.5. The van der Waals surface area contributed by atoms with E-state index in [4.69, 9.17) is 14.1 Å². The highest BCUT2D eigenvalue weighted by Crippen LogP contribution is 2.38. The number of aliphatic hydroxyl groups is 1. The highest BCUT2D eigenvalue weighted by molar-refractivity contribution is 6.23. The number of aliphatic hydroxyl groups excluding tert-OH is 1. The van der Waals surface area contributed by atoms with E-state index in [1.165, 1.54) is 0 Å². The summed E-state index contributed by atoms with van der Waals surface area (Å²) in [5.74, 6) is -1.25. The van der Waals surface area contributed by atoms with Crippen molar-refractivity contribution in [2.45, 2.75) is 50.8 Å². The van der Waals surface area contributed by atoms with Crippen LogP contribution in [-0.4, -0.2) is 110 Å². The number of ether oxygens (including phenoxy) is 1. The minimum absolute atomic E-state index is 0.0621. The van der Waals surface area contributed by atoms with Gasteiger partial charge in [-0.25, -0.2) is 9.78 Å². The number of imide groups is 2. The minimum atomic E-state index is -1.01. The van der Waals surface area contributed by atoms with Crippen molar-refractivity contribution in [2.24, 2.45) is 0 Å². The second-order valence-corrected chi connectivity index (χ2v) is 15.8. The SMILES string of the molecule is CC1(C)OC(=O)c2ccc(Nc3ncc(-c4nnc(CCN5CCN(c6ccc7c(c6)C(=O)N(C6CCC(=O)NC6=O)C7=O)CC5)o4)c(N[C@H](CO)c4ccccc4)n3)cc21. The zero-order valence-corrected chi connectivity index (χ0v) is 33.4. The molecular weight excluding hydrogens is 785 g/mol. The number of aromatic nitrogens is 4. The molecule has 2 atom stereocenters. The van der Waals surface area contributed by atoms with E-state index in [0.29, 0.717) is 54.6 Å². The Hall–Kier alpha value is -7.05. The molecule has 0 saturated carbocycles. The first-order valence-electron chi connectivity index (χ1n) is 20.1. The van der Waals surface area contributed by atoms with Crippen LogP contribution in [0.3, 0.4) is 0 Å². The quantitative estimate of drug-likeness (QED) is 0.104. The molecule has 312 valence electrons. The third kappa shape index (κ3) is 7.66. The van der Waals surface area contributed by atoms with E-state index < -0.39 is 41.3 Å². The monoisotopic (exact) mass is 826 g/mol. The summed E-state index contributed by atoms with van der Waals surface area (Å²) in [5.41, 5.74) is 3.72. The lowest BCUT2D eigenvalue weighted by molar-refractivity contribution is -0.136. The Balaban J connectivity index is 0.860. The molecule has 2 fully saturated rings. The average molecular weight is 827 g/mol. The summed E-state index contributed by atoms with van der Waals surface area (Å²) in [6.45, 7) is 6.87. The van der Waals surface area contributed by atoms with Crippen molar-refractivity contribution < 1.29 is 38.2 Å². The number of amides is 4. The molecule has 6 heterocycles. The van der Waals surface area contributed by atoms with Gasteiger partial charge in [0.25, 0.3) is 17.7 Å². The Morgan fingerprint density at radius 3 is 2.44 bits per heavy atom. The van der Waals surface area contributed by atoms with Gasteiger partial charge in [-0.3, -0.25) is 34.3 Å². The lowest BCUT2D eigenvalue weighted by Gasteiger charge is -2.36. The summed E-state index contributed by atoms with van der Waals surface area (Å²) in [6, 6.07) is 18.4. The predicted octanol–water partition coefficient (Wildman–Crippen LogP) is 3.59. The maximum absolute atomic E-state index is 13.4. The molecule has 4 amide bonds. The maximum Gasteiger partial charge on any atom is 0.339 e.